The summed E-state index contributed by atoms with van der Waals surface area (Å²) < 4.78 is 0. The molecule has 0 aliphatic heterocycles. The highest BCUT2D eigenvalue weighted by Gasteiger charge is 2.19. The summed E-state index contributed by atoms with van der Waals surface area (Å²) in [6.07, 6.45) is 0.679. The number of hydrogen-bond acceptors (Lipinski definition) is 4. The molecule has 124 valence electrons. The molecule has 0 fully saturated rings. The van der Waals surface area contributed by atoms with E-state index in [9.17, 15) is 9.59 Å². The average molecular weight is 333 g/mol. The lowest BCUT2D eigenvalue weighted by molar-refractivity contribution is -0.122. The maximum absolute atomic E-state index is 12.3. The summed E-state index contributed by atoms with van der Waals surface area (Å²) in [5.41, 5.74) is 1.13. The Morgan fingerprint density at radius 1 is 1.39 bits per heavy atom. The second kappa shape index (κ2) is 7.55. The Labute approximate surface area is 140 Å². The number of aromatic amines is 1. The Morgan fingerprint density at radius 2 is 2.13 bits per heavy atom. The molecule has 0 bridgehead atoms. The molecule has 5 nitrogen and oxygen atoms in total. The van der Waals surface area contributed by atoms with E-state index in [2.05, 4.69) is 29.1 Å². The molecule has 2 aromatic rings. The number of amides is 1. The van der Waals surface area contributed by atoms with Crippen LogP contribution in [0.25, 0.3) is 0 Å². The van der Waals surface area contributed by atoms with Gasteiger partial charge in [0.15, 0.2) is 0 Å². The summed E-state index contributed by atoms with van der Waals surface area (Å²) in [5, 5.41) is 5.09. The molecule has 0 saturated heterocycles. The smallest absolute Gasteiger partial charge is 0.254 e. The van der Waals surface area contributed by atoms with E-state index in [1.165, 1.54) is 0 Å². The zero-order chi connectivity index (χ0) is 17.0. The van der Waals surface area contributed by atoms with Crippen LogP contribution in [0, 0.1) is 19.8 Å². The number of carbonyl (C=O) groups excluding carboxylic acids is 1. The molecular weight excluding hydrogens is 310 g/mol. The fourth-order valence-corrected chi connectivity index (χ4v) is 3.51. The quantitative estimate of drug-likeness (QED) is 0.853. The van der Waals surface area contributed by atoms with Crippen LogP contribution in [0.1, 0.15) is 48.3 Å². The highest BCUT2D eigenvalue weighted by atomic mass is 32.1. The summed E-state index contributed by atoms with van der Waals surface area (Å²) in [4.78, 5) is 32.3. The molecule has 0 aromatic carbocycles. The van der Waals surface area contributed by atoms with E-state index in [4.69, 9.17) is 0 Å². The van der Waals surface area contributed by atoms with Crippen LogP contribution >= 0.6 is 11.3 Å². The molecule has 2 N–H and O–H groups in total. The number of H-pyrrole nitrogens is 1. The van der Waals surface area contributed by atoms with Crippen molar-refractivity contribution in [3.05, 3.63) is 49.8 Å². The Kier molecular flexibility index (Phi) is 5.71. The number of nitrogens with zero attached hydrogens (tertiary/aromatic N) is 1. The van der Waals surface area contributed by atoms with Gasteiger partial charge in [-0.25, -0.2) is 4.98 Å². The third-order valence-electron chi connectivity index (χ3n) is 3.78. The monoisotopic (exact) mass is 333 g/mol. The van der Waals surface area contributed by atoms with Gasteiger partial charge >= 0.3 is 0 Å². The third-order valence-corrected chi connectivity index (χ3v) is 4.73. The molecule has 2 heterocycles. The largest absolute Gasteiger partial charge is 0.348 e. The van der Waals surface area contributed by atoms with Crippen molar-refractivity contribution in [1.29, 1.82) is 0 Å². The molecule has 1 atom stereocenters. The molecule has 2 rings (SSSR count). The summed E-state index contributed by atoms with van der Waals surface area (Å²) in [5.74, 6) is 0.860. The Bertz CT molecular complexity index is 720. The van der Waals surface area contributed by atoms with Gasteiger partial charge in [-0.2, -0.15) is 0 Å². The zero-order valence-corrected chi connectivity index (χ0v) is 14.8. The molecular formula is C17H23N3O2S. The second-order valence-electron chi connectivity index (χ2n) is 6.02. The standard InChI is InChI=1S/C17H23N3O2S/c1-10(2)16(14-6-5-9-23-14)20-15(21)8-7-13-11(3)18-12(4)19-17(13)22/h5-6,9-10,16H,7-8H2,1-4H3,(H,20,21)(H,18,19,22)/t16-/m0/s1. The summed E-state index contributed by atoms with van der Waals surface area (Å²) in [7, 11) is 0. The number of carbonyl (C=O) groups is 1. The van der Waals surface area contributed by atoms with Gasteiger partial charge in [-0.3, -0.25) is 9.59 Å². The predicted octanol–water partition coefficient (Wildman–Crippen LogP) is 2.89. The summed E-state index contributed by atoms with van der Waals surface area (Å²) in [6, 6.07) is 4.04. The van der Waals surface area contributed by atoms with Crippen LogP contribution in [-0.2, 0) is 11.2 Å². The molecule has 0 aliphatic carbocycles. The van der Waals surface area contributed by atoms with Crippen molar-refractivity contribution in [2.75, 3.05) is 0 Å². The van der Waals surface area contributed by atoms with Crippen LogP contribution in [0.2, 0.25) is 0 Å². The van der Waals surface area contributed by atoms with Crippen molar-refractivity contribution in [2.24, 2.45) is 5.92 Å². The lowest BCUT2D eigenvalue weighted by Gasteiger charge is -2.21. The molecule has 0 aliphatic rings. The molecule has 6 heteroatoms. The third kappa shape index (κ3) is 4.51. The van der Waals surface area contributed by atoms with Gasteiger partial charge in [0.2, 0.25) is 5.91 Å². The van der Waals surface area contributed by atoms with E-state index < -0.39 is 0 Å². The van der Waals surface area contributed by atoms with E-state index in [0.717, 1.165) is 4.88 Å². The van der Waals surface area contributed by atoms with Crippen LogP contribution in [0.3, 0.4) is 0 Å². The maximum atomic E-state index is 12.3. The van der Waals surface area contributed by atoms with E-state index in [1.807, 2.05) is 17.5 Å². The van der Waals surface area contributed by atoms with Gasteiger partial charge in [0.25, 0.3) is 5.56 Å². The van der Waals surface area contributed by atoms with Crippen molar-refractivity contribution in [3.63, 3.8) is 0 Å². The highest BCUT2D eigenvalue weighted by Crippen LogP contribution is 2.25. The number of aryl methyl sites for hydroxylation is 2. The normalized spacial score (nSPS) is 12.4. The zero-order valence-electron chi connectivity index (χ0n) is 14.0. The number of aromatic nitrogens is 2. The minimum absolute atomic E-state index is 0.0121. The first-order valence-corrected chi connectivity index (χ1v) is 8.65. The Balaban J connectivity index is 2.01. The first-order valence-electron chi connectivity index (χ1n) is 7.77. The van der Waals surface area contributed by atoms with Crippen LogP contribution in [0.5, 0.6) is 0 Å². The molecule has 0 radical (unpaired) electrons. The van der Waals surface area contributed by atoms with Crippen molar-refractivity contribution in [1.82, 2.24) is 15.3 Å². The number of rotatable bonds is 6. The van der Waals surface area contributed by atoms with Crippen molar-refractivity contribution in [3.8, 4) is 0 Å². The van der Waals surface area contributed by atoms with Gasteiger partial charge in [-0.1, -0.05) is 19.9 Å². The first kappa shape index (κ1) is 17.4. The first-order chi connectivity index (χ1) is 10.9. The maximum Gasteiger partial charge on any atom is 0.254 e. The molecule has 0 unspecified atom stereocenters. The Hall–Kier alpha value is -1.95. The molecule has 0 spiro atoms. The van der Waals surface area contributed by atoms with E-state index in [-0.39, 0.29) is 23.9 Å². The van der Waals surface area contributed by atoms with Crippen molar-refractivity contribution < 1.29 is 4.79 Å². The van der Waals surface area contributed by atoms with Crippen LogP contribution in [0.4, 0.5) is 0 Å². The second-order valence-corrected chi connectivity index (χ2v) is 7.00. The topological polar surface area (TPSA) is 74.8 Å². The minimum Gasteiger partial charge on any atom is -0.348 e. The van der Waals surface area contributed by atoms with Gasteiger partial charge in [0.1, 0.15) is 5.82 Å². The number of nitrogens with one attached hydrogen (secondary N) is 2. The van der Waals surface area contributed by atoms with Gasteiger partial charge in [0.05, 0.1) is 6.04 Å². The van der Waals surface area contributed by atoms with Crippen molar-refractivity contribution in [2.45, 2.75) is 46.6 Å². The Morgan fingerprint density at radius 3 is 2.70 bits per heavy atom. The van der Waals surface area contributed by atoms with E-state index in [0.29, 0.717) is 29.4 Å². The van der Waals surface area contributed by atoms with Crippen LogP contribution < -0.4 is 10.9 Å². The fraction of sp³-hybridized carbons (Fsp3) is 0.471. The lowest BCUT2D eigenvalue weighted by atomic mass is 10.0. The number of thiophene rings is 1. The van der Waals surface area contributed by atoms with Gasteiger partial charge in [-0.15, -0.1) is 11.3 Å². The average Bonchev–Trinajstić information content (AvgIpc) is 2.97. The highest BCUT2D eigenvalue weighted by molar-refractivity contribution is 7.10. The van der Waals surface area contributed by atoms with Gasteiger partial charge < -0.3 is 10.3 Å². The number of hydrogen-bond donors (Lipinski definition) is 2. The van der Waals surface area contributed by atoms with Gasteiger partial charge in [-0.05, 0) is 37.6 Å². The predicted molar refractivity (Wildman–Crippen MR) is 92.7 cm³/mol. The summed E-state index contributed by atoms with van der Waals surface area (Å²) in [6.45, 7) is 7.73. The SMILES string of the molecule is Cc1nc(C)c(CCC(=O)N[C@H](c2cccs2)C(C)C)c(=O)[nH]1. The van der Waals surface area contributed by atoms with Crippen molar-refractivity contribution >= 4 is 17.2 Å². The minimum atomic E-state index is -0.151. The van der Waals surface area contributed by atoms with Crippen LogP contribution in [-0.4, -0.2) is 15.9 Å². The molecule has 23 heavy (non-hydrogen) atoms. The molecule has 1 amide bonds. The van der Waals surface area contributed by atoms with E-state index in [1.54, 1.807) is 25.2 Å². The lowest BCUT2D eigenvalue weighted by Crippen LogP contribution is -2.32. The molecule has 0 saturated carbocycles. The van der Waals surface area contributed by atoms with Gasteiger partial charge in [0, 0.05) is 22.6 Å². The molecule has 2 aromatic heterocycles. The van der Waals surface area contributed by atoms with E-state index >= 15 is 0 Å². The van der Waals surface area contributed by atoms with Crippen LogP contribution in [0.15, 0.2) is 22.3 Å². The fourth-order valence-electron chi connectivity index (χ4n) is 2.56. The summed E-state index contributed by atoms with van der Waals surface area (Å²) >= 11 is 1.64.